The van der Waals surface area contributed by atoms with Gasteiger partial charge in [0.1, 0.15) is 17.8 Å². The third-order valence-corrected chi connectivity index (χ3v) is 3.60. The van der Waals surface area contributed by atoms with Crippen molar-refractivity contribution < 1.29 is 32.2 Å². The smallest absolute Gasteiger partial charge is 0.482 e. The van der Waals surface area contributed by atoms with Crippen LogP contribution in [0.2, 0.25) is 0 Å². The molecule has 0 bridgehead atoms. The third kappa shape index (κ3) is 5.71. The summed E-state index contributed by atoms with van der Waals surface area (Å²) in [7, 11) is 0. The average molecular weight is 407 g/mol. The van der Waals surface area contributed by atoms with Gasteiger partial charge in [-0.15, -0.1) is 18.3 Å². The Labute approximate surface area is 163 Å². The number of halogens is 3. The van der Waals surface area contributed by atoms with E-state index in [1.54, 1.807) is 31.2 Å². The Balaban J connectivity index is 1.66. The van der Waals surface area contributed by atoms with Crippen LogP contribution in [0, 0.1) is 0 Å². The van der Waals surface area contributed by atoms with Crippen LogP contribution in [0.15, 0.2) is 54.9 Å². The molecule has 0 aliphatic carbocycles. The monoisotopic (exact) mass is 407 g/mol. The maximum absolute atomic E-state index is 12.2. The zero-order valence-corrected chi connectivity index (χ0v) is 15.2. The molecule has 2 aromatic carbocycles. The standard InChI is InChI=1S/C19H16F3N3O4/c1-2-27-17(26)11-28-15-7-3-13(4-8-15)18-23-12-25(24-18)14-5-9-16(10-6-14)29-19(20,21)22/h3-10,12H,2,11H2,1H3. The minimum atomic E-state index is -4.74. The van der Waals surface area contributed by atoms with Crippen LogP contribution in [-0.4, -0.2) is 40.3 Å². The molecular weight excluding hydrogens is 391 g/mol. The summed E-state index contributed by atoms with van der Waals surface area (Å²) < 4.78 is 52.0. The van der Waals surface area contributed by atoms with Gasteiger partial charge in [0.05, 0.1) is 12.3 Å². The Bertz CT molecular complexity index is 954. The Morgan fingerprint density at radius 1 is 1.03 bits per heavy atom. The second kappa shape index (κ2) is 8.63. The summed E-state index contributed by atoms with van der Waals surface area (Å²) >= 11 is 0. The van der Waals surface area contributed by atoms with E-state index in [0.717, 1.165) is 0 Å². The van der Waals surface area contributed by atoms with Crippen LogP contribution in [-0.2, 0) is 9.53 Å². The van der Waals surface area contributed by atoms with E-state index in [1.807, 2.05) is 0 Å². The number of hydrogen-bond acceptors (Lipinski definition) is 6. The van der Waals surface area contributed by atoms with Crippen LogP contribution in [0.25, 0.3) is 17.1 Å². The zero-order valence-electron chi connectivity index (χ0n) is 15.2. The second-order valence-corrected chi connectivity index (χ2v) is 5.67. The molecular formula is C19H16F3N3O4. The molecule has 3 rings (SSSR count). The van der Waals surface area contributed by atoms with Crippen LogP contribution in [0.4, 0.5) is 13.2 Å². The molecule has 0 aliphatic rings. The molecule has 1 aromatic heterocycles. The Morgan fingerprint density at radius 2 is 1.69 bits per heavy atom. The summed E-state index contributed by atoms with van der Waals surface area (Å²) in [6.45, 7) is 1.81. The summed E-state index contributed by atoms with van der Waals surface area (Å²) in [4.78, 5) is 15.5. The first-order valence-corrected chi connectivity index (χ1v) is 8.51. The maximum Gasteiger partial charge on any atom is 0.573 e. The van der Waals surface area contributed by atoms with E-state index in [1.165, 1.54) is 35.3 Å². The summed E-state index contributed by atoms with van der Waals surface area (Å²) in [5.41, 5.74) is 1.22. The first kappa shape index (κ1) is 20.2. The molecule has 0 saturated heterocycles. The van der Waals surface area contributed by atoms with Gasteiger partial charge in [0.15, 0.2) is 12.4 Å². The molecule has 3 aromatic rings. The van der Waals surface area contributed by atoms with Gasteiger partial charge in [-0.05, 0) is 55.5 Å². The van der Waals surface area contributed by atoms with Crippen molar-refractivity contribution in [2.24, 2.45) is 0 Å². The minimum absolute atomic E-state index is 0.186. The fourth-order valence-electron chi connectivity index (χ4n) is 2.37. The van der Waals surface area contributed by atoms with E-state index in [4.69, 9.17) is 9.47 Å². The van der Waals surface area contributed by atoms with Gasteiger partial charge in [-0.1, -0.05) is 0 Å². The lowest BCUT2D eigenvalue weighted by molar-refractivity contribution is -0.274. The number of ether oxygens (including phenoxy) is 3. The summed E-state index contributed by atoms with van der Waals surface area (Å²) in [6, 6.07) is 12.0. The van der Waals surface area contributed by atoms with Crippen LogP contribution in [0.1, 0.15) is 6.92 Å². The Morgan fingerprint density at radius 3 is 2.31 bits per heavy atom. The van der Waals surface area contributed by atoms with E-state index in [9.17, 15) is 18.0 Å². The van der Waals surface area contributed by atoms with Crippen molar-refractivity contribution in [3.8, 4) is 28.6 Å². The normalized spacial score (nSPS) is 11.2. The predicted molar refractivity (Wildman–Crippen MR) is 95.6 cm³/mol. The van der Waals surface area contributed by atoms with Crippen LogP contribution >= 0.6 is 0 Å². The molecule has 0 aliphatic heterocycles. The highest BCUT2D eigenvalue weighted by Gasteiger charge is 2.31. The van der Waals surface area contributed by atoms with Crippen LogP contribution < -0.4 is 9.47 Å². The molecule has 0 fully saturated rings. The van der Waals surface area contributed by atoms with Gasteiger partial charge in [0, 0.05) is 5.56 Å². The van der Waals surface area contributed by atoms with Gasteiger partial charge in [0.2, 0.25) is 0 Å². The fraction of sp³-hybridized carbons (Fsp3) is 0.211. The fourth-order valence-corrected chi connectivity index (χ4v) is 2.37. The number of esters is 1. The highest BCUT2D eigenvalue weighted by Crippen LogP contribution is 2.24. The highest BCUT2D eigenvalue weighted by atomic mass is 19.4. The number of carbonyl (C=O) groups is 1. The second-order valence-electron chi connectivity index (χ2n) is 5.67. The molecule has 0 saturated carbocycles. The number of aromatic nitrogens is 3. The summed E-state index contributed by atoms with van der Waals surface area (Å²) in [5.74, 6) is 0.127. The van der Waals surface area contributed by atoms with E-state index >= 15 is 0 Å². The van der Waals surface area contributed by atoms with Crippen molar-refractivity contribution in [3.05, 3.63) is 54.9 Å². The molecule has 0 spiro atoms. The van der Waals surface area contributed by atoms with Crippen molar-refractivity contribution >= 4 is 5.97 Å². The molecule has 0 atom stereocenters. The highest BCUT2D eigenvalue weighted by molar-refractivity contribution is 5.71. The van der Waals surface area contributed by atoms with Gasteiger partial charge in [-0.3, -0.25) is 0 Å². The van der Waals surface area contributed by atoms with Gasteiger partial charge in [-0.25, -0.2) is 14.5 Å². The number of hydrogen-bond donors (Lipinski definition) is 0. The number of nitrogens with zero attached hydrogens (tertiary/aromatic N) is 3. The van der Waals surface area contributed by atoms with Crippen LogP contribution in [0.5, 0.6) is 11.5 Å². The molecule has 10 heteroatoms. The first-order chi connectivity index (χ1) is 13.8. The van der Waals surface area contributed by atoms with E-state index < -0.39 is 12.3 Å². The number of carbonyl (C=O) groups excluding carboxylic acids is 1. The van der Waals surface area contributed by atoms with Gasteiger partial charge in [0.25, 0.3) is 0 Å². The summed E-state index contributed by atoms with van der Waals surface area (Å²) in [6.07, 6.45) is -3.30. The van der Waals surface area contributed by atoms with E-state index in [0.29, 0.717) is 22.8 Å². The molecule has 152 valence electrons. The van der Waals surface area contributed by atoms with E-state index in [-0.39, 0.29) is 19.0 Å². The average Bonchev–Trinajstić information content (AvgIpc) is 3.16. The largest absolute Gasteiger partial charge is 0.573 e. The molecule has 0 N–H and O–H groups in total. The van der Waals surface area contributed by atoms with Crippen molar-refractivity contribution in [3.63, 3.8) is 0 Å². The maximum atomic E-state index is 12.2. The lowest BCUT2D eigenvalue weighted by Crippen LogP contribution is -2.17. The Kier molecular flexibility index (Phi) is 6.01. The number of rotatable bonds is 7. The molecule has 7 nitrogen and oxygen atoms in total. The van der Waals surface area contributed by atoms with Crippen LogP contribution in [0.3, 0.4) is 0 Å². The molecule has 29 heavy (non-hydrogen) atoms. The molecule has 0 amide bonds. The van der Waals surface area contributed by atoms with Crippen molar-refractivity contribution in [2.45, 2.75) is 13.3 Å². The lowest BCUT2D eigenvalue weighted by atomic mass is 10.2. The van der Waals surface area contributed by atoms with Gasteiger partial charge >= 0.3 is 12.3 Å². The van der Waals surface area contributed by atoms with E-state index in [2.05, 4.69) is 14.8 Å². The van der Waals surface area contributed by atoms with Crippen molar-refractivity contribution in [2.75, 3.05) is 13.2 Å². The summed E-state index contributed by atoms with van der Waals surface area (Å²) in [5, 5.41) is 4.31. The Hall–Kier alpha value is -3.56. The van der Waals surface area contributed by atoms with Gasteiger partial charge in [-0.2, -0.15) is 0 Å². The first-order valence-electron chi connectivity index (χ1n) is 8.51. The third-order valence-electron chi connectivity index (χ3n) is 3.60. The number of alkyl halides is 3. The zero-order chi connectivity index (χ0) is 20.9. The quantitative estimate of drug-likeness (QED) is 0.555. The van der Waals surface area contributed by atoms with Gasteiger partial charge < -0.3 is 14.2 Å². The topological polar surface area (TPSA) is 75.5 Å². The predicted octanol–water partition coefficient (Wildman–Crippen LogP) is 3.77. The SMILES string of the molecule is CCOC(=O)COc1ccc(-c2ncn(-c3ccc(OC(F)(F)F)cc3)n2)cc1. The molecule has 1 heterocycles. The van der Waals surface area contributed by atoms with Crippen molar-refractivity contribution in [1.82, 2.24) is 14.8 Å². The minimum Gasteiger partial charge on any atom is -0.482 e. The lowest BCUT2D eigenvalue weighted by Gasteiger charge is -2.09. The number of benzene rings is 2. The molecule has 0 unspecified atom stereocenters. The molecule has 0 radical (unpaired) electrons. The van der Waals surface area contributed by atoms with Crippen molar-refractivity contribution in [1.29, 1.82) is 0 Å².